The Morgan fingerprint density at radius 3 is 2.17 bits per heavy atom. The molecule has 0 unspecified atom stereocenters. The molecular weight excluding hydrogens is 150 g/mol. The number of hydrogen-bond acceptors (Lipinski definition) is 3. The summed E-state index contributed by atoms with van der Waals surface area (Å²) in [5.74, 6) is 0.713. The summed E-state index contributed by atoms with van der Waals surface area (Å²) in [6.45, 7) is 6.23. The monoisotopic (exact) mass is 165 g/mol. The Morgan fingerprint density at radius 1 is 1.25 bits per heavy atom. The molecule has 1 rings (SSSR count). The van der Waals surface area contributed by atoms with E-state index in [1.807, 2.05) is 0 Å². The largest absolute Gasteiger partial charge is 0.321 e. The molecule has 0 saturated heterocycles. The van der Waals surface area contributed by atoms with Crippen LogP contribution in [0.3, 0.4) is 0 Å². The van der Waals surface area contributed by atoms with Crippen LogP contribution in [0.5, 0.6) is 0 Å². The number of nitrogens with zero attached hydrogens (tertiary/aromatic N) is 2. The van der Waals surface area contributed by atoms with Crippen molar-refractivity contribution in [2.24, 2.45) is 11.1 Å². The van der Waals surface area contributed by atoms with Crippen LogP contribution in [0, 0.1) is 5.41 Å². The van der Waals surface area contributed by atoms with Crippen LogP contribution >= 0.6 is 0 Å². The van der Waals surface area contributed by atoms with Crippen LogP contribution in [0.15, 0.2) is 18.5 Å². The molecule has 0 amide bonds. The molecule has 0 aliphatic rings. The van der Waals surface area contributed by atoms with Crippen LogP contribution in [0.2, 0.25) is 0 Å². The average molecular weight is 165 g/mol. The molecule has 0 bridgehead atoms. The van der Waals surface area contributed by atoms with Gasteiger partial charge in [0, 0.05) is 12.4 Å². The van der Waals surface area contributed by atoms with Crippen molar-refractivity contribution in [1.29, 1.82) is 0 Å². The Hall–Kier alpha value is -0.960. The van der Waals surface area contributed by atoms with Crippen LogP contribution in [0.1, 0.15) is 32.6 Å². The molecule has 0 saturated carbocycles. The fraction of sp³-hybridized carbons (Fsp3) is 0.556. The van der Waals surface area contributed by atoms with Crippen LogP contribution in [0.25, 0.3) is 0 Å². The van der Waals surface area contributed by atoms with Crippen molar-refractivity contribution in [2.75, 3.05) is 0 Å². The van der Waals surface area contributed by atoms with E-state index in [4.69, 9.17) is 5.73 Å². The zero-order chi connectivity index (χ0) is 9.19. The highest BCUT2D eigenvalue weighted by Gasteiger charge is 2.23. The van der Waals surface area contributed by atoms with Gasteiger partial charge in [-0.3, -0.25) is 0 Å². The third-order valence-corrected chi connectivity index (χ3v) is 1.80. The zero-order valence-corrected chi connectivity index (χ0v) is 7.78. The lowest BCUT2D eigenvalue weighted by Gasteiger charge is -2.25. The Balaban J connectivity index is 2.86. The van der Waals surface area contributed by atoms with Gasteiger partial charge < -0.3 is 5.73 Å². The van der Waals surface area contributed by atoms with Gasteiger partial charge in [-0.2, -0.15) is 0 Å². The van der Waals surface area contributed by atoms with E-state index in [-0.39, 0.29) is 11.5 Å². The summed E-state index contributed by atoms with van der Waals surface area (Å²) in [5, 5.41) is 0. The second-order valence-corrected chi connectivity index (χ2v) is 3.95. The third kappa shape index (κ3) is 2.01. The molecular formula is C9H15N3. The Bertz CT molecular complexity index is 238. The highest BCUT2D eigenvalue weighted by Crippen LogP contribution is 2.27. The standard InChI is InChI=1S/C9H15N3/c1-9(2,3)7(10)8-11-5-4-6-12-8/h4-7H,10H2,1-3H3/t7-/m0/s1. The quantitative estimate of drug-likeness (QED) is 0.686. The maximum absolute atomic E-state index is 5.95. The lowest BCUT2D eigenvalue weighted by Crippen LogP contribution is -2.27. The van der Waals surface area contributed by atoms with E-state index >= 15 is 0 Å². The molecule has 1 aromatic rings. The van der Waals surface area contributed by atoms with Gasteiger partial charge in [-0.15, -0.1) is 0 Å². The summed E-state index contributed by atoms with van der Waals surface area (Å²) in [5.41, 5.74) is 5.96. The molecule has 0 aliphatic heterocycles. The molecule has 0 radical (unpaired) electrons. The first-order valence-electron chi connectivity index (χ1n) is 4.04. The van der Waals surface area contributed by atoms with Gasteiger partial charge in [-0.1, -0.05) is 20.8 Å². The molecule has 1 aromatic heterocycles. The predicted octanol–water partition coefficient (Wildman–Crippen LogP) is 1.52. The molecule has 2 N–H and O–H groups in total. The fourth-order valence-corrected chi connectivity index (χ4v) is 0.859. The maximum Gasteiger partial charge on any atom is 0.145 e. The zero-order valence-electron chi connectivity index (χ0n) is 7.78. The second-order valence-electron chi connectivity index (χ2n) is 3.95. The molecule has 0 aromatic carbocycles. The van der Waals surface area contributed by atoms with Gasteiger partial charge in [0.25, 0.3) is 0 Å². The molecule has 3 heteroatoms. The molecule has 66 valence electrons. The van der Waals surface area contributed by atoms with Crippen LogP contribution in [-0.4, -0.2) is 9.97 Å². The minimum Gasteiger partial charge on any atom is -0.321 e. The van der Waals surface area contributed by atoms with Crippen molar-refractivity contribution in [2.45, 2.75) is 26.8 Å². The van der Waals surface area contributed by atoms with Gasteiger partial charge in [0.2, 0.25) is 0 Å². The van der Waals surface area contributed by atoms with E-state index in [1.165, 1.54) is 0 Å². The van der Waals surface area contributed by atoms with E-state index < -0.39 is 0 Å². The summed E-state index contributed by atoms with van der Waals surface area (Å²) < 4.78 is 0. The molecule has 0 aliphatic carbocycles. The molecule has 12 heavy (non-hydrogen) atoms. The van der Waals surface area contributed by atoms with E-state index in [0.717, 1.165) is 0 Å². The van der Waals surface area contributed by atoms with Crippen LogP contribution < -0.4 is 5.73 Å². The van der Waals surface area contributed by atoms with Gasteiger partial charge in [0.05, 0.1) is 6.04 Å². The van der Waals surface area contributed by atoms with E-state index in [1.54, 1.807) is 18.5 Å². The normalized spacial score (nSPS) is 14.3. The Morgan fingerprint density at radius 2 is 1.75 bits per heavy atom. The second kappa shape index (κ2) is 3.19. The van der Waals surface area contributed by atoms with Crippen molar-refractivity contribution in [1.82, 2.24) is 9.97 Å². The van der Waals surface area contributed by atoms with Gasteiger partial charge in [-0.05, 0) is 11.5 Å². The Kier molecular flexibility index (Phi) is 2.43. The molecule has 0 fully saturated rings. The number of hydrogen-bond donors (Lipinski definition) is 1. The smallest absolute Gasteiger partial charge is 0.145 e. The van der Waals surface area contributed by atoms with Crippen molar-refractivity contribution in [3.05, 3.63) is 24.3 Å². The molecule has 1 atom stereocenters. The molecule has 3 nitrogen and oxygen atoms in total. The topological polar surface area (TPSA) is 51.8 Å². The lowest BCUT2D eigenvalue weighted by atomic mass is 9.87. The lowest BCUT2D eigenvalue weighted by molar-refractivity contribution is 0.315. The van der Waals surface area contributed by atoms with Gasteiger partial charge in [0.1, 0.15) is 5.82 Å². The minimum atomic E-state index is -0.0984. The molecule has 1 heterocycles. The SMILES string of the molecule is CC(C)(C)[C@@H](N)c1ncccn1. The highest BCUT2D eigenvalue weighted by molar-refractivity contribution is 4.98. The first-order chi connectivity index (χ1) is 5.52. The Labute approximate surface area is 73.0 Å². The van der Waals surface area contributed by atoms with Gasteiger partial charge in [0.15, 0.2) is 0 Å². The van der Waals surface area contributed by atoms with Gasteiger partial charge >= 0.3 is 0 Å². The van der Waals surface area contributed by atoms with Crippen molar-refractivity contribution in [3.8, 4) is 0 Å². The summed E-state index contributed by atoms with van der Waals surface area (Å²) in [7, 11) is 0. The van der Waals surface area contributed by atoms with Crippen molar-refractivity contribution in [3.63, 3.8) is 0 Å². The number of rotatable bonds is 1. The van der Waals surface area contributed by atoms with E-state index in [9.17, 15) is 0 Å². The number of nitrogens with two attached hydrogens (primary N) is 1. The van der Waals surface area contributed by atoms with Crippen molar-refractivity contribution < 1.29 is 0 Å². The maximum atomic E-state index is 5.95. The van der Waals surface area contributed by atoms with Crippen molar-refractivity contribution >= 4 is 0 Å². The molecule has 0 spiro atoms. The summed E-state index contributed by atoms with van der Waals surface area (Å²) in [4.78, 5) is 8.22. The fourth-order valence-electron chi connectivity index (χ4n) is 0.859. The highest BCUT2D eigenvalue weighted by atomic mass is 14.9. The average Bonchev–Trinajstić information content (AvgIpc) is 2.03. The first kappa shape index (κ1) is 9.13. The first-order valence-corrected chi connectivity index (χ1v) is 4.04. The van der Waals surface area contributed by atoms with E-state index in [0.29, 0.717) is 5.82 Å². The summed E-state index contributed by atoms with van der Waals surface area (Å²) >= 11 is 0. The summed E-state index contributed by atoms with van der Waals surface area (Å²) in [6, 6.07) is 1.69. The minimum absolute atomic E-state index is 0.0152. The van der Waals surface area contributed by atoms with Crippen LogP contribution in [-0.2, 0) is 0 Å². The third-order valence-electron chi connectivity index (χ3n) is 1.80. The predicted molar refractivity (Wildman–Crippen MR) is 48.4 cm³/mol. The van der Waals surface area contributed by atoms with Crippen LogP contribution in [0.4, 0.5) is 0 Å². The van der Waals surface area contributed by atoms with E-state index in [2.05, 4.69) is 30.7 Å². The van der Waals surface area contributed by atoms with Gasteiger partial charge in [-0.25, -0.2) is 9.97 Å². The number of aromatic nitrogens is 2. The summed E-state index contributed by atoms with van der Waals surface area (Å²) in [6.07, 6.45) is 3.43.